The minimum absolute atomic E-state index is 0. The molecule has 7 nitrogen and oxygen atoms in total. The number of hydrazone groups is 1. The van der Waals surface area contributed by atoms with Crippen molar-refractivity contribution in [1.29, 1.82) is 0 Å². The normalized spacial score (nSPS) is 21.9. The van der Waals surface area contributed by atoms with E-state index in [1.165, 1.54) is 5.56 Å². The molecule has 0 radical (unpaired) electrons. The summed E-state index contributed by atoms with van der Waals surface area (Å²) >= 11 is 0. The summed E-state index contributed by atoms with van der Waals surface area (Å²) < 4.78 is 16.4. The number of carbonyl (C=O) groups is 1. The van der Waals surface area contributed by atoms with E-state index in [4.69, 9.17) is 19.3 Å². The van der Waals surface area contributed by atoms with Crippen LogP contribution in [0, 0.1) is 11.8 Å². The fourth-order valence-corrected chi connectivity index (χ4v) is 5.16. The van der Waals surface area contributed by atoms with E-state index in [1.54, 1.807) is 19.2 Å². The van der Waals surface area contributed by atoms with E-state index in [-0.39, 0.29) is 30.2 Å². The molecule has 1 fully saturated rings. The van der Waals surface area contributed by atoms with Crippen molar-refractivity contribution in [2.45, 2.75) is 25.9 Å². The third-order valence-corrected chi connectivity index (χ3v) is 7.13. The van der Waals surface area contributed by atoms with Gasteiger partial charge in [0.05, 0.1) is 45.6 Å². The summed E-state index contributed by atoms with van der Waals surface area (Å²) in [7, 11) is 3.26. The summed E-state index contributed by atoms with van der Waals surface area (Å²) in [6.07, 6.45) is 5.83. The molecule has 192 valence electrons. The van der Waals surface area contributed by atoms with Gasteiger partial charge in [-0.25, -0.2) is 5.01 Å². The predicted molar refractivity (Wildman–Crippen MR) is 142 cm³/mol. The van der Waals surface area contributed by atoms with Crippen molar-refractivity contribution < 1.29 is 19.0 Å². The summed E-state index contributed by atoms with van der Waals surface area (Å²) in [6.45, 7) is 4.91. The molecule has 2 aliphatic heterocycles. The van der Waals surface area contributed by atoms with Crippen LogP contribution >= 0.6 is 12.4 Å². The number of halogens is 1. The van der Waals surface area contributed by atoms with E-state index in [0.29, 0.717) is 18.0 Å². The van der Waals surface area contributed by atoms with Crippen LogP contribution in [-0.4, -0.2) is 62.1 Å². The van der Waals surface area contributed by atoms with Gasteiger partial charge in [0.15, 0.2) is 11.5 Å². The maximum atomic E-state index is 13.4. The number of benzene rings is 2. The maximum Gasteiger partial charge on any atom is 0.247 e. The molecule has 1 saturated heterocycles. The van der Waals surface area contributed by atoms with Gasteiger partial charge in [-0.15, -0.1) is 12.4 Å². The summed E-state index contributed by atoms with van der Waals surface area (Å²) in [5.74, 6) is 1.41. The lowest BCUT2D eigenvalue weighted by atomic mass is 9.76. The molecule has 0 bridgehead atoms. The molecule has 2 atom stereocenters. The van der Waals surface area contributed by atoms with Gasteiger partial charge < -0.3 is 14.2 Å². The highest BCUT2D eigenvalue weighted by Crippen LogP contribution is 2.37. The Labute approximate surface area is 219 Å². The quantitative estimate of drug-likeness (QED) is 0.519. The molecular formula is C28H34ClN3O4. The molecule has 0 aromatic heterocycles. The Bertz CT molecular complexity index is 1110. The molecule has 3 aliphatic rings. The van der Waals surface area contributed by atoms with Crippen molar-refractivity contribution in [2.24, 2.45) is 16.9 Å². The zero-order valence-electron chi connectivity index (χ0n) is 20.9. The number of carbonyl (C=O) groups excluding carboxylic acids is 1. The number of methoxy groups -OCH3 is 2. The largest absolute Gasteiger partial charge is 0.493 e. The van der Waals surface area contributed by atoms with Gasteiger partial charge in [-0.3, -0.25) is 9.69 Å². The standard InChI is InChI=1S/C28H33N3O4.ClH/c1-33-25-12-11-22(17-26(25)34-2)27-23-5-3-4-6-24(23)28(32)31(29-27)19-21-9-7-20(8-10-21)18-30-13-15-35-16-14-30;/h3-4,7-12,17,23-24H,5-6,13-16,18-19H2,1-2H3;1H/t23-,24+;/m0./s1. The van der Waals surface area contributed by atoms with Crippen molar-refractivity contribution in [2.75, 3.05) is 40.5 Å². The Balaban J connectivity index is 0.00000304. The van der Waals surface area contributed by atoms with Crippen molar-refractivity contribution in [3.05, 3.63) is 71.3 Å². The lowest BCUT2D eigenvalue weighted by Gasteiger charge is -2.37. The molecule has 36 heavy (non-hydrogen) atoms. The molecule has 1 amide bonds. The Morgan fingerprint density at radius 3 is 2.19 bits per heavy atom. The van der Waals surface area contributed by atoms with Crippen LogP contribution in [0.5, 0.6) is 11.5 Å². The van der Waals surface area contributed by atoms with Gasteiger partial charge in [0, 0.05) is 31.1 Å². The highest BCUT2D eigenvalue weighted by Gasteiger charge is 2.40. The fourth-order valence-electron chi connectivity index (χ4n) is 5.16. The fraction of sp³-hybridized carbons (Fsp3) is 0.429. The first-order valence-electron chi connectivity index (χ1n) is 12.3. The topological polar surface area (TPSA) is 63.6 Å². The SMILES string of the molecule is COc1ccc(C2=NN(Cc3ccc(CN4CCOCC4)cc3)C(=O)[C@@H]3CC=CC[C@H]23)cc1OC.Cl. The first-order chi connectivity index (χ1) is 17.2. The van der Waals surface area contributed by atoms with E-state index in [0.717, 1.165) is 62.5 Å². The van der Waals surface area contributed by atoms with E-state index in [2.05, 4.69) is 41.3 Å². The van der Waals surface area contributed by atoms with Gasteiger partial charge in [0.2, 0.25) is 5.91 Å². The summed E-state index contributed by atoms with van der Waals surface area (Å²) in [6, 6.07) is 14.4. The number of amides is 1. The molecule has 2 heterocycles. The number of hydrogen-bond acceptors (Lipinski definition) is 6. The van der Waals surface area contributed by atoms with E-state index >= 15 is 0 Å². The summed E-state index contributed by atoms with van der Waals surface area (Å²) in [5, 5.41) is 6.56. The highest BCUT2D eigenvalue weighted by atomic mass is 35.5. The predicted octanol–water partition coefficient (Wildman–Crippen LogP) is 4.29. The average molecular weight is 512 g/mol. The van der Waals surface area contributed by atoms with Crippen LogP contribution in [0.3, 0.4) is 0 Å². The third-order valence-electron chi connectivity index (χ3n) is 7.13. The lowest BCUT2D eigenvalue weighted by Crippen LogP contribution is -2.45. The van der Waals surface area contributed by atoms with Crippen LogP contribution in [0.25, 0.3) is 0 Å². The molecule has 0 N–H and O–H groups in total. The van der Waals surface area contributed by atoms with Crippen LogP contribution in [-0.2, 0) is 22.6 Å². The first kappa shape index (κ1) is 26.2. The molecule has 2 aromatic rings. The number of allylic oxidation sites excluding steroid dienone is 2. The molecular weight excluding hydrogens is 478 g/mol. The number of nitrogens with zero attached hydrogens (tertiary/aromatic N) is 3. The van der Waals surface area contributed by atoms with Crippen molar-refractivity contribution in [1.82, 2.24) is 9.91 Å². The third kappa shape index (κ3) is 5.59. The summed E-state index contributed by atoms with van der Waals surface area (Å²) in [5.41, 5.74) is 4.24. The van der Waals surface area contributed by atoms with Gasteiger partial charge in [-0.2, -0.15) is 5.10 Å². The number of rotatable bonds is 7. The molecule has 0 spiro atoms. The van der Waals surface area contributed by atoms with Crippen LogP contribution in [0.15, 0.2) is 59.7 Å². The van der Waals surface area contributed by atoms with Crippen molar-refractivity contribution >= 4 is 24.0 Å². The van der Waals surface area contributed by atoms with E-state index < -0.39 is 0 Å². The second-order valence-corrected chi connectivity index (χ2v) is 9.31. The average Bonchev–Trinajstić information content (AvgIpc) is 2.91. The number of hydrogen-bond donors (Lipinski definition) is 0. The van der Waals surface area contributed by atoms with Crippen LogP contribution in [0.1, 0.15) is 29.5 Å². The Hall–Kier alpha value is -2.87. The van der Waals surface area contributed by atoms with E-state index in [9.17, 15) is 4.79 Å². The van der Waals surface area contributed by atoms with Gasteiger partial charge >= 0.3 is 0 Å². The van der Waals surface area contributed by atoms with Crippen LogP contribution in [0.4, 0.5) is 0 Å². The van der Waals surface area contributed by atoms with Gasteiger partial charge in [0.25, 0.3) is 0 Å². The van der Waals surface area contributed by atoms with Crippen LogP contribution < -0.4 is 9.47 Å². The second-order valence-electron chi connectivity index (χ2n) is 9.31. The number of ether oxygens (including phenoxy) is 3. The van der Waals surface area contributed by atoms with Crippen molar-refractivity contribution in [3.63, 3.8) is 0 Å². The summed E-state index contributed by atoms with van der Waals surface area (Å²) in [4.78, 5) is 15.8. The van der Waals surface area contributed by atoms with Crippen molar-refractivity contribution in [3.8, 4) is 11.5 Å². The molecule has 8 heteroatoms. The Kier molecular flexibility index (Phi) is 8.67. The van der Waals surface area contributed by atoms with E-state index in [1.807, 2.05) is 18.2 Å². The maximum absolute atomic E-state index is 13.4. The Morgan fingerprint density at radius 2 is 1.53 bits per heavy atom. The van der Waals surface area contributed by atoms with Gasteiger partial charge in [-0.1, -0.05) is 36.4 Å². The zero-order valence-corrected chi connectivity index (χ0v) is 21.7. The molecule has 5 rings (SSSR count). The molecule has 0 unspecified atom stereocenters. The minimum Gasteiger partial charge on any atom is -0.493 e. The highest BCUT2D eigenvalue weighted by molar-refractivity contribution is 6.07. The zero-order chi connectivity index (χ0) is 24.2. The number of fused-ring (bicyclic) bond motifs is 1. The first-order valence-corrected chi connectivity index (χ1v) is 12.3. The Morgan fingerprint density at radius 1 is 0.889 bits per heavy atom. The van der Waals surface area contributed by atoms with Gasteiger partial charge in [-0.05, 0) is 42.2 Å². The lowest BCUT2D eigenvalue weighted by molar-refractivity contribution is -0.138. The monoisotopic (exact) mass is 511 g/mol. The van der Waals surface area contributed by atoms with Gasteiger partial charge in [0.1, 0.15) is 0 Å². The number of morpholine rings is 1. The smallest absolute Gasteiger partial charge is 0.247 e. The molecule has 0 saturated carbocycles. The molecule has 2 aromatic carbocycles. The second kappa shape index (κ2) is 11.9. The minimum atomic E-state index is -0.0961. The van der Waals surface area contributed by atoms with Crippen LogP contribution in [0.2, 0.25) is 0 Å². The molecule has 1 aliphatic carbocycles.